The van der Waals surface area contributed by atoms with Crippen molar-refractivity contribution >= 4 is 22.8 Å². The normalized spacial score (nSPS) is 18.9. The second-order valence-electron chi connectivity index (χ2n) is 6.83. The Labute approximate surface area is 129 Å². The van der Waals surface area contributed by atoms with E-state index in [1.807, 2.05) is 12.3 Å². The van der Waals surface area contributed by atoms with Crippen LogP contribution in [-0.2, 0) is 14.9 Å². The summed E-state index contributed by atoms with van der Waals surface area (Å²) in [4.78, 5) is 25.9. The summed E-state index contributed by atoms with van der Waals surface area (Å²) in [6.07, 6.45) is 2.66. The number of hydrogen-bond acceptors (Lipinski definition) is 5. The van der Waals surface area contributed by atoms with Gasteiger partial charge in [-0.1, -0.05) is 20.8 Å². The highest BCUT2D eigenvalue weighted by atomic mass is 16.5. The van der Waals surface area contributed by atoms with Crippen LogP contribution in [0.3, 0.4) is 0 Å². The van der Waals surface area contributed by atoms with Crippen LogP contribution in [0.2, 0.25) is 0 Å². The van der Waals surface area contributed by atoms with Crippen molar-refractivity contribution in [3.8, 4) is 0 Å². The average Bonchev–Trinajstić information content (AvgIpc) is 3.03. The zero-order chi connectivity index (χ0) is 15.9. The number of aromatic nitrogens is 3. The Kier molecular flexibility index (Phi) is 3.54. The number of fused-ring (bicyclic) bond motifs is 1. The number of nitrogens with zero attached hydrogens (tertiary/aromatic N) is 3. The topological polar surface area (TPSA) is 71.1 Å². The SMILES string of the molecule is CC(=O)OC1CCN(c2nc(C(C)(C)C)nc3[nH]ccc23)C1. The number of nitrogens with one attached hydrogen (secondary N) is 1. The maximum absolute atomic E-state index is 11.1. The fourth-order valence-corrected chi connectivity index (χ4v) is 2.75. The summed E-state index contributed by atoms with van der Waals surface area (Å²) in [5.41, 5.74) is 0.731. The van der Waals surface area contributed by atoms with Gasteiger partial charge in [0.1, 0.15) is 23.4 Å². The number of hydrogen-bond donors (Lipinski definition) is 1. The smallest absolute Gasteiger partial charge is 0.302 e. The van der Waals surface area contributed by atoms with Gasteiger partial charge in [0.2, 0.25) is 0 Å². The Bertz CT molecular complexity index is 702. The molecule has 3 heterocycles. The minimum absolute atomic E-state index is 0.0560. The van der Waals surface area contributed by atoms with Crippen molar-refractivity contribution in [3.63, 3.8) is 0 Å². The molecule has 0 aromatic carbocycles. The first kappa shape index (κ1) is 14.8. The summed E-state index contributed by atoms with van der Waals surface area (Å²) in [5, 5.41) is 1.01. The van der Waals surface area contributed by atoms with Crippen molar-refractivity contribution in [1.29, 1.82) is 0 Å². The molecule has 2 aromatic heterocycles. The number of aromatic amines is 1. The van der Waals surface area contributed by atoms with Crippen LogP contribution in [-0.4, -0.2) is 40.1 Å². The number of H-pyrrole nitrogens is 1. The number of esters is 1. The molecule has 1 aliphatic heterocycles. The number of anilines is 1. The highest BCUT2D eigenvalue weighted by molar-refractivity contribution is 5.87. The Hall–Kier alpha value is -2.11. The molecule has 0 bridgehead atoms. The van der Waals surface area contributed by atoms with Crippen LogP contribution in [0.1, 0.15) is 39.9 Å². The molecular formula is C16H22N4O2. The second kappa shape index (κ2) is 5.26. The molecule has 22 heavy (non-hydrogen) atoms. The van der Waals surface area contributed by atoms with E-state index in [4.69, 9.17) is 9.72 Å². The van der Waals surface area contributed by atoms with E-state index in [1.165, 1.54) is 6.92 Å². The molecule has 0 radical (unpaired) electrons. The summed E-state index contributed by atoms with van der Waals surface area (Å²) in [7, 11) is 0. The van der Waals surface area contributed by atoms with Gasteiger partial charge in [0.25, 0.3) is 0 Å². The van der Waals surface area contributed by atoms with Crippen LogP contribution < -0.4 is 4.90 Å². The van der Waals surface area contributed by atoms with Crippen molar-refractivity contribution in [2.45, 2.75) is 45.6 Å². The lowest BCUT2D eigenvalue weighted by Crippen LogP contribution is -2.26. The van der Waals surface area contributed by atoms with Gasteiger partial charge >= 0.3 is 5.97 Å². The summed E-state index contributed by atoms with van der Waals surface area (Å²) in [5.74, 6) is 1.51. The molecule has 1 N–H and O–H groups in total. The number of carbonyl (C=O) groups is 1. The van der Waals surface area contributed by atoms with Crippen LogP contribution in [0.4, 0.5) is 5.82 Å². The van der Waals surface area contributed by atoms with Crippen LogP contribution in [0.15, 0.2) is 12.3 Å². The van der Waals surface area contributed by atoms with Crippen LogP contribution in [0.25, 0.3) is 11.0 Å². The third kappa shape index (κ3) is 2.77. The first-order valence-electron chi connectivity index (χ1n) is 7.62. The van der Waals surface area contributed by atoms with Gasteiger partial charge < -0.3 is 14.6 Å². The summed E-state index contributed by atoms with van der Waals surface area (Å²) >= 11 is 0. The summed E-state index contributed by atoms with van der Waals surface area (Å²) in [6, 6.07) is 2.00. The lowest BCUT2D eigenvalue weighted by molar-refractivity contribution is -0.145. The van der Waals surface area contributed by atoms with Gasteiger partial charge in [-0.15, -0.1) is 0 Å². The number of rotatable bonds is 2. The van der Waals surface area contributed by atoms with Gasteiger partial charge in [-0.25, -0.2) is 9.97 Å². The highest BCUT2D eigenvalue weighted by Crippen LogP contribution is 2.30. The highest BCUT2D eigenvalue weighted by Gasteiger charge is 2.29. The molecule has 1 aliphatic rings. The maximum atomic E-state index is 11.1. The van der Waals surface area contributed by atoms with Crippen LogP contribution in [0.5, 0.6) is 0 Å². The zero-order valence-electron chi connectivity index (χ0n) is 13.5. The lowest BCUT2D eigenvalue weighted by atomic mass is 9.95. The molecule has 0 aliphatic carbocycles. The molecule has 0 saturated carbocycles. The van der Waals surface area contributed by atoms with Crippen molar-refractivity contribution in [2.24, 2.45) is 0 Å². The zero-order valence-corrected chi connectivity index (χ0v) is 13.5. The van der Waals surface area contributed by atoms with E-state index in [-0.39, 0.29) is 17.5 Å². The lowest BCUT2D eigenvalue weighted by Gasteiger charge is -2.22. The third-order valence-corrected chi connectivity index (χ3v) is 3.84. The van der Waals surface area contributed by atoms with E-state index < -0.39 is 0 Å². The van der Waals surface area contributed by atoms with Crippen molar-refractivity contribution in [2.75, 3.05) is 18.0 Å². The molecule has 6 nitrogen and oxygen atoms in total. The molecule has 3 rings (SSSR count). The van der Waals surface area contributed by atoms with Gasteiger partial charge in [-0.05, 0) is 6.07 Å². The predicted octanol–water partition coefficient (Wildman–Crippen LogP) is 2.40. The van der Waals surface area contributed by atoms with E-state index in [0.717, 1.165) is 35.6 Å². The minimum Gasteiger partial charge on any atom is -0.461 e. The molecule has 1 saturated heterocycles. The van der Waals surface area contributed by atoms with E-state index in [1.54, 1.807) is 0 Å². The van der Waals surface area contributed by atoms with Crippen molar-refractivity contribution < 1.29 is 9.53 Å². The Morgan fingerprint density at radius 1 is 1.41 bits per heavy atom. The van der Waals surface area contributed by atoms with Gasteiger partial charge in [0.05, 0.1) is 11.9 Å². The Morgan fingerprint density at radius 3 is 2.86 bits per heavy atom. The van der Waals surface area contributed by atoms with Gasteiger partial charge in [-0.3, -0.25) is 4.79 Å². The molecule has 118 valence electrons. The maximum Gasteiger partial charge on any atom is 0.302 e. The molecule has 1 atom stereocenters. The largest absolute Gasteiger partial charge is 0.461 e. The van der Waals surface area contributed by atoms with Gasteiger partial charge in [-0.2, -0.15) is 0 Å². The molecule has 1 unspecified atom stereocenters. The predicted molar refractivity (Wildman–Crippen MR) is 85.0 cm³/mol. The van der Waals surface area contributed by atoms with Crippen LogP contribution in [0, 0.1) is 0 Å². The van der Waals surface area contributed by atoms with E-state index in [9.17, 15) is 4.79 Å². The Balaban J connectivity index is 1.96. The standard InChI is InChI=1S/C16H22N4O2/c1-10(21)22-11-6-8-20(9-11)14-12-5-7-17-13(12)18-15(19-14)16(2,3)4/h5,7,11H,6,8-9H2,1-4H3,(H,17,18,19). The average molecular weight is 302 g/mol. The van der Waals surface area contributed by atoms with Gasteiger partial charge in [0.15, 0.2) is 0 Å². The molecular weight excluding hydrogens is 280 g/mol. The summed E-state index contributed by atoms with van der Waals surface area (Å²) in [6.45, 7) is 9.28. The minimum atomic E-state index is -0.225. The van der Waals surface area contributed by atoms with E-state index in [0.29, 0.717) is 6.54 Å². The van der Waals surface area contributed by atoms with Gasteiger partial charge in [0, 0.05) is 31.5 Å². The van der Waals surface area contributed by atoms with Crippen LogP contribution >= 0.6 is 0 Å². The fraction of sp³-hybridized carbons (Fsp3) is 0.562. The first-order valence-corrected chi connectivity index (χ1v) is 7.62. The Morgan fingerprint density at radius 2 is 2.18 bits per heavy atom. The van der Waals surface area contributed by atoms with Crippen molar-refractivity contribution in [3.05, 3.63) is 18.1 Å². The third-order valence-electron chi connectivity index (χ3n) is 3.84. The fourth-order valence-electron chi connectivity index (χ4n) is 2.75. The molecule has 2 aromatic rings. The molecule has 6 heteroatoms. The number of carbonyl (C=O) groups excluding carboxylic acids is 1. The quantitative estimate of drug-likeness (QED) is 0.863. The van der Waals surface area contributed by atoms with E-state index >= 15 is 0 Å². The second-order valence-corrected chi connectivity index (χ2v) is 6.83. The monoisotopic (exact) mass is 302 g/mol. The van der Waals surface area contributed by atoms with E-state index in [2.05, 4.69) is 35.6 Å². The van der Waals surface area contributed by atoms with Crippen molar-refractivity contribution in [1.82, 2.24) is 15.0 Å². The molecule has 0 spiro atoms. The first-order chi connectivity index (χ1) is 10.3. The molecule has 0 amide bonds. The molecule has 1 fully saturated rings. The summed E-state index contributed by atoms with van der Waals surface area (Å²) < 4.78 is 5.32. The number of ether oxygens (including phenoxy) is 1.